The Balaban J connectivity index is 1.77. The van der Waals surface area contributed by atoms with Crippen LogP contribution < -0.4 is 0 Å². The molecular formula is C16H12BrF3N2O. The molecular weight excluding hydrogens is 373 g/mol. The summed E-state index contributed by atoms with van der Waals surface area (Å²) in [5.41, 5.74) is 2.20. The van der Waals surface area contributed by atoms with Gasteiger partial charge in [0.1, 0.15) is 0 Å². The predicted molar refractivity (Wildman–Crippen MR) is 80.6 cm³/mol. The van der Waals surface area contributed by atoms with Crippen molar-refractivity contribution < 1.29 is 17.7 Å². The van der Waals surface area contributed by atoms with Crippen LogP contribution in [-0.2, 0) is 25.4 Å². The maximum Gasteiger partial charge on any atom is 0.452 e. The molecule has 2 aromatic rings. The molecule has 1 spiro atoms. The summed E-state index contributed by atoms with van der Waals surface area (Å²) in [6.45, 7) is 0. The van der Waals surface area contributed by atoms with Gasteiger partial charge < -0.3 is 9.93 Å². The van der Waals surface area contributed by atoms with Gasteiger partial charge in [-0.3, -0.25) is 0 Å². The normalized spacial score (nSPS) is 23.2. The van der Waals surface area contributed by atoms with Crippen LogP contribution in [0.4, 0.5) is 13.2 Å². The van der Waals surface area contributed by atoms with Gasteiger partial charge in [-0.05, 0) is 43.4 Å². The quantitative estimate of drug-likeness (QED) is 0.723. The molecule has 7 heteroatoms. The largest absolute Gasteiger partial charge is 0.452 e. The summed E-state index contributed by atoms with van der Waals surface area (Å²) in [5.74, 6) is -1.00. The summed E-state index contributed by atoms with van der Waals surface area (Å²) < 4.78 is 44.7. The Morgan fingerprint density at radius 1 is 1.26 bits per heavy atom. The summed E-state index contributed by atoms with van der Waals surface area (Å²) in [6, 6.07) is 5.72. The molecule has 0 saturated heterocycles. The zero-order valence-corrected chi connectivity index (χ0v) is 13.5. The standard InChI is InChI=1S/C16H12BrF3N2O/c17-9-2-1-8-6-15(13(21)10(8)5-9)4-3-12-11(7-15)14(23-22-12)16(18,19)20/h1-2,5,21H,3-4,6-7H2. The number of halogens is 4. The molecule has 1 aromatic heterocycles. The number of hydrogen-bond acceptors (Lipinski definition) is 3. The van der Waals surface area contributed by atoms with Crippen molar-refractivity contribution in [2.24, 2.45) is 5.41 Å². The van der Waals surface area contributed by atoms with Crippen LogP contribution in [0.2, 0.25) is 0 Å². The first-order chi connectivity index (χ1) is 10.8. The fraction of sp³-hybridized carbons (Fsp3) is 0.375. The van der Waals surface area contributed by atoms with E-state index in [1.54, 1.807) is 0 Å². The first kappa shape index (κ1) is 14.9. The highest BCUT2D eigenvalue weighted by molar-refractivity contribution is 9.10. The van der Waals surface area contributed by atoms with E-state index in [1.807, 2.05) is 18.2 Å². The van der Waals surface area contributed by atoms with Gasteiger partial charge >= 0.3 is 6.18 Å². The molecule has 2 aliphatic carbocycles. The van der Waals surface area contributed by atoms with Crippen molar-refractivity contribution in [3.63, 3.8) is 0 Å². The minimum Gasteiger partial charge on any atom is -0.351 e. The minimum absolute atomic E-state index is 0.125. The van der Waals surface area contributed by atoms with Crippen LogP contribution in [0.15, 0.2) is 27.2 Å². The second-order valence-corrected chi connectivity index (χ2v) is 7.16. The Bertz CT molecular complexity index is 827. The molecule has 0 radical (unpaired) electrons. The van der Waals surface area contributed by atoms with Gasteiger partial charge in [0.25, 0.3) is 0 Å². The van der Waals surface area contributed by atoms with Crippen molar-refractivity contribution >= 4 is 21.6 Å². The fourth-order valence-electron chi connectivity index (χ4n) is 3.77. The van der Waals surface area contributed by atoms with Crippen LogP contribution in [0.25, 0.3) is 0 Å². The van der Waals surface area contributed by atoms with Gasteiger partial charge in [-0.25, -0.2) is 0 Å². The number of hydrogen-bond donors (Lipinski definition) is 1. The van der Waals surface area contributed by atoms with E-state index in [0.717, 1.165) is 15.6 Å². The van der Waals surface area contributed by atoms with Gasteiger partial charge in [0.2, 0.25) is 5.76 Å². The Morgan fingerprint density at radius 2 is 2.04 bits per heavy atom. The van der Waals surface area contributed by atoms with Gasteiger partial charge in [-0.15, -0.1) is 0 Å². The van der Waals surface area contributed by atoms with E-state index in [9.17, 15) is 13.2 Å². The summed E-state index contributed by atoms with van der Waals surface area (Å²) >= 11 is 3.39. The molecule has 23 heavy (non-hydrogen) atoms. The molecule has 0 saturated carbocycles. The average Bonchev–Trinajstić information content (AvgIpc) is 3.00. The van der Waals surface area contributed by atoms with Crippen molar-refractivity contribution in [3.05, 3.63) is 50.8 Å². The number of alkyl halides is 3. The second-order valence-electron chi connectivity index (χ2n) is 6.25. The van der Waals surface area contributed by atoms with E-state index in [2.05, 4.69) is 25.6 Å². The Kier molecular flexibility index (Phi) is 3.04. The smallest absolute Gasteiger partial charge is 0.351 e. The van der Waals surface area contributed by atoms with Crippen LogP contribution in [0.5, 0.6) is 0 Å². The zero-order chi connectivity index (χ0) is 16.4. The lowest BCUT2D eigenvalue weighted by molar-refractivity contribution is -0.156. The molecule has 1 atom stereocenters. The van der Waals surface area contributed by atoms with E-state index < -0.39 is 17.4 Å². The van der Waals surface area contributed by atoms with Crippen LogP contribution in [0, 0.1) is 10.8 Å². The van der Waals surface area contributed by atoms with Gasteiger partial charge in [-0.2, -0.15) is 13.2 Å². The highest BCUT2D eigenvalue weighted by Gasteiger charge is 2.49. The van der Waals surface area contributed by atoms with Crippen molar-refractivity contribution in [3.8, 4) is 0 Å². The molecule has 1 heterocycles. The van der Waals surface area contributed by atoms with Crippen LogP contribution in [0.1, 0.15) is 34.6 Å². The van der Waals surface area contributed by atoms with Gasteiger partial charge in [0.15, 0.2) is 0 Å². The molecule has 0 amide bonds. The monoisotopic (exact) mass is 384 g/mol. The average molecular weight is 385 g/mol. The van der Waals surface area contributed by atoms with Gasteiger partial charge in [0, 0.05) is 26.7 Å². The summed E-state index contributed by atoms with van der Waals surface area (Å²) in [5, 5.41) is 12.1. The molecule has 1 N–H and O–H groups in total. The lowest BCUT2D eigenvalue weighted by atomic mass is 9.70. The number of benzene rings is 1. The lowest BCUT2D eigenvalue weighted by Crippen LogP contribution is -2.35. The zero-order valence-electron chi connectivity index (χ0n) is 11.9. The predicted octanol–water partition coefficient (Wildman–Crippen LogP) is 4.56. The molecule has 1 aromatic carbocycles. The molecule has 0 bridgehead atoms. The van der Waals surface area contributed by atoms with Gasteiger partial charge in [0.05, 0.1) is 5.69 Å². The molecule has 1 unspecified atom stereocenters. The maximum absolute atomic E-state index is 13.1. The first-order valence-corrected chi connectivity index (χ1v) is 8.02. The highest BCUT2D eigenvalue weighted by atomic mass is 79.9. The SMILES string of the molecule is N=C1c2cc(Br)ccc2CC12CCc1noc(C(F)(F)F)c1C2. The Hall–Kier alpha value is -1.63. The number of fused-ring (bicyclic) bond motifs is 2. The summed E-state index contributed by atoms with van der Waals surface area (Å²) in [6.07, 6.45) is -2.76. The van der Waals surface area contributed by atoms with Crippen LogP contribution in [-0.4, -0.2) is 10.9 Å². The van der Waals surface area contributed by atoms with E-state index >= 15 is 0 Å². The topological polar surface area (TPSA) is 49.9 Å². The van der Waals surface area contributed by atoms with E-state index in [4.69, 9.17) is 5.41 Å². The summed E-state index contributed by atoms with van der Waals surface area (Å²) in [7, 11) is 0. The van der Waals surface area contributed by atoms with Crippen molar-refractivity contribution in [2.75, 3.05) is 0 Å². The molecule has 0 aliphatic heterocycles. The third-order valence-corrected chi connectivity index (χ3v) is 5.38. The number of nitrogens with zero attached hydrogens (tertiary/aromatic N) is 1. The highest BCUT2D eigenvalue weighted by Crippen LogP contribution is 2.48. The minimum atomic E-state index is -4.55. The van der Waals surface area contributed by atoms with Gasteiger partial charge in [-0.1, -0.05) is 27.2 Å². The Labute approximate surface area is 138 Å². The van der Waals surface area contributed by atoms with Crippen molar-refractivity contribution in [2.45, 2.75) is 31.9 Å². The van der Waals surface area contributed by atoms with E-state index in [1.165, 1.54) is 0 Å². The number of rotatable bonds is 0. The maximum atomic E-state index is 13.1. The second kappa shape index (κ2) is 4.69. The Morgan fingerprint density at radius 3 is 2.78 bits per heavy atom. The molecule has 4 rings (SSSR count). The van der Waals surface area contributed by atoms with E-state index in [0.29, 0.717) is 30.7 Å². The number of nitrogens with one attached hydrogen (secondary N) is 1. The molecule has 120 valence electrons. The number of aryl methyl sites for hydroxylation is 1. The first-order valence-electron chi connectivity index (χ1n) is 7.23. The third-order valence-electron chi connectivity index (χ3n) is 4.88. The summed E-state index contributed by atoms with van der Waals surface area (Å²) in [4.78, 5) is 0. The van der Waals surface area contributed by atoms with Crippen LogP contribution in [0.3, 0.4) is 0 Å². The van der Waals surface area contributed by atoms with E-state index in [-0.39, 0.29) is 12.0 Å². The van der Waals surface area contributed by atoms with Crippen molar-refractivity contribution in [1.82, 2.24) is 5.16 Å². The molecule has 0 fully saturated rings. The fourth-order valence-corrected chi connectivity index (χ4v) is 4.13. The molecule has 3 nitrogen and oxygen atoms in total. The lowest BCUT2D eigenvalue weighted by Gasteiger charge is -2.33. The molecule has 2 aliphatic rings. The van der Waals surface area contributed by atoms with Crippen LogP contribution >= 0.6 is 15.9 Å². The van der Waals surface area contributed by atoms with Crippen molar-refractivity contribution in [1.29, 1.82) is 5.41 Å². The third kappa shape index (κ3) is 2.16. The number of aromatic nitrogens is 1.